The van der Waals surface area contributed by atoms with Gasteiger partial charge >= 0.3 is 0 Å². The molecule has 4 nitrogen and oxygen atoms in total. The van der Waals surface area contributed by atoms with Crippen molar-refractivity contribution in [3.05, 3.63) is 51.5 Å². The van der Waals surface area contributed by atoms with Crippen LogP contribution < -0.4 is 0 Å². The summed E-state index contributed by atoms with van der Waals surface area (Å²) in [4.78, 5) is 19.1. The molecule has 1 aromatic carbocycles. The van der Waals surface area contributed by atoms with Gasteiger partial charge in [0.2, 0.25) is 0 Å². The number of amides is 1. The number of nitriles is 1. The van der Waals surface area contributed by atoms with Gasteiger partial charge in [-0.2, -0.15) is 5.26 Å². The van der Waals surface area contributed by atoms with Gasteiger partial charge in [0.1, 0.15) is 0 Å². The average Bonchev–Trinajstić information content (AvgIpc) is 2.83. The lowest BCUT2D eigenvalue weighted by Crippen LogP contribution is -2.26. The molecule has 0 bridgehead atoms. The number of rotatable bonds is 3. The molecule has 0 aliphatic carbocycles. The number of aromatic nitrogens is 1. The highest BCUT2D eigenvalue weighted by Gasteiger charge is 2.14. The molecule has 0 unspecified atom stereocenters. The molecule has 2 rings (SSSR count). The van der Waals surface area contributed by atoms with Gasteiger partial charge in [0.25, 0.3) is 5.91 Å². The number of thiazole rings is 1. The Kier molecular flexibility index (Phi) is 3.93. The van der Waals surface area contributed by atoms with E-state index in [-0.39, 0.29) is 5.91 Å². The van der Waals surface area contributed by atoms with Crippen molar-refractivity contribution < 1.29 is 4.79 Å². The van der Waals surface area contributed by atoms with E-state index in [1.807, 2.05) is 13.0 Å². The molecule has 0 fully saturated rings. The molecule has 0 radical (unpaired) electrons. The maximum Gasteiger partial charge on any atom is 0.253 e. The van der Waals surface area contributed by atoms with Gasteiger partial charge in [-0.1, -0.05) is 6.07 Å². The van der Waals surface area contributed by atoms with E-state index in [1.54, 1.807) is 53.1 Å². The van der Waals surface area contributed by atoms with Crippen LogP contribution in [0.4, 0.5) is 0 Å². The summed E-state index contributed by atoms with van der Waals surface area (Å²) < 4.78 is 0. The number of benzene rings is 1. The zero-order valence-electron chi connectivity index (χ0n) is 10.8. The number of nitrogens with zero attached hydrogens (tertiary/aromatic N) is 3. The van der Waals surface area contributed by atoms with Crippen LogP contribution in [0.5, 0.6) is 0 Å². The van der Waals surface area contributed by atoms with Gasteiger partial charge in [-0.3, -0.25) is 4.79 Å². The lowest BCUT2D eigenvalue weighted by Gasteiger charge is -2.16. The largest absolute Gasteiger partial charge is 0.336 e. The molecular formula is C14H13N3OS. The molecule has 0 N–H and O–H groups in total. The minimum atomic E-state index is -0.0927. The highest BCUT2D eigenvalue weighted by Crippen LogP contribution is 2.16. The first-order valence-electron chi connectivity index (χ1n) is 5.76. The third-order valence-corrected chi connectivity index (χ3v) is 3.73. The highest BCUT2D eigenvalue weighted by atomic mass is 32.1. The lowest BCUT2D eigenvalue weighted by molar-refractivity contribution is 0.0786. The zero-order valence-corrected chi connectivity index (χ0v) is 11.6. The first kappa shape index (κ1) is 13.2. The fourth-order valence-electron chi connectivity index (χ4n) is 1.71. The van der Waals surface area contributed by atoms with Crippen LogP contribution in [0.1, 0.15) is 26.5 Å². The minimum Gasteiger partial charge on any atom is -0.336 e. The number of carbonyl (C=O) groups excluding carboxylic acids is 1. The number of carbonyl (C=O) groups is 1. The molecule has 0 saturated carbocycles. The Morgan fingerprint density at radius 1 is 1.53 bits per heavy atom. The van der Waals surface area contributed by atoms with Crippen molar-refractivity contribution >= 4 is 17.2 Å². The molecule has 0 atom stereocenters. The molecule has 2 aromatic rings. The van der Waals surface area contributed by atoms with Crippen molar-refractivity contribution in [2.24, 2.45) is 0 Å². The van der Waals surface area contributed by atoms with Gasteiger partial charge in [0.05, 0.1) is 29.4 Å². The molecule has 1 heterocycles. The molecular weight excluding hydrogens is 258 g/mol. The van der Waals surface area contributed by atoms with Crippen molar-refractivity contribution in [3.63, 3.8) is 0 Å². The summed E-state index contributed by atoms with van der Waals surface area (Å²) in [6.07, 6.45) is 0. The van der Waals surface area contributed by atoms with Gasteiger partial charge < -0.3 is 4.90 Å². The normalized spacial score (nSPS) is 9.95. The van der Waals surface area contributed by atoms with Crippen molar-refractivity contribution in [1.82, 2.24) is 9.88 Å². The summed E-state index contributed by atoms with van der Waals surface area (Å²) in [5.74, 6) is -0.0927. The second-order valence-electron chi connectivity index (χ2n) is 4.21. The van der Waals surface area contributed by atoms with Crippen molar-refractivity contribution in [3.8, 4) is 6.07 Å². The maximum atomic E-state index is 12.3. The van der Waals surface area contributed by atoms with Gasteiger partial charge in [-0.15, -0.1) is 11.3 Å². The summed E-state index contributed by atoms with van der Waals surface area (Å²) in [5, 5.41) is 8.84. The standard InChI is InChI=1S/C14H13N3OS/c1-10-13(19-9-16-10)8-17(2)14(18)12-5-3-4-11(6-12)7-15/h3-6,9H,8H2,1-2H3. The van der Waals surface area contributed by atoms with Crippen molar-refractivity contribution in [2.45, 2.75) is 13.5 Å². The van der Waals surface area contributed by atoms with Gasteiger partial charge in [0.15, 0.2) is 0 Å². The summed E-state index contributed by atoms with van der Waals surface area (Å²) in [6.45, 7) is 2.46. The van der Waals surface area contributed by atoms with E-state index in [9.17, 15) is 4.79 Å². The van der Waals surface area contributed by atoms with Gasteiger partial charge in [0, 0.05) is 17.5 Å². The first-order chi connectivity index (χ1) is 9.11. The summed E-state index contributed by atoms with van der Waals surface area (Å²) in [6, 6.07) is 8.77. The molecule has 0 aliphatic rings. The van der Waals surface area contributed by atoms with Crippen LogP contribution >= 0.6 is 11.3 Å². The van der Waals surface area contributed by atoms with Crippen molar-refractivity contribution in [2.75, 3.05) is 7.05 Å². The molecule has 5 heteroatoms. The molecule has 0 aliphatic heterocycles. The number of aryl methyl sites for hydroxylation is 1. The Labute approximate surface area is 115 Å². The van der Waals surface area contributed by atoms with Crippen LogP contribution in [-0.4, -0.2) is 22.8 Å². The Bertz CT molecular complexity index is 642. The van der Waals surface area contributed by atoms with Crippen LogP contribution in [-0.2, 0) is 6.54 Å². The average molecular weight is 271 g/mol. The first-order valence-corrected chi connectivity index (χ1v) is 6.64. The van der Waals surface area contributed by atoms with E-state index in [4.69, 9.17) is 5.26 Å². The van der Waals surface area contributed by atoms with Crippen LogP contribution in [0.3, 0.4) is 0 Å². The molecule has 1 aromatic heterocycles. The van der Waals surface area contributed by atoms with E-state index in [0.29, 0.717) is 17.7 Å². The van der Waals surface area contributed by atoms with Crippen LogP contribution in [0.15, 0.2) is 29.8 Å². The van der Waals surface area contributed by atoms with Gasteiger partial charge in [-0.05, 0) is 25.1 Å². The fraction of sp³-hybridized carbons (Fsp3) is 0.214. The third-order valence-electron chi connectivity index (χ3n) is 2.81. The van der Waals surface area contributed by atoms with Crippen LogP contribution in [0, 0.1) is 18.3 Å². The molecule has 0 saturated heterocycles. The summed E-state index contributed by atoms with van der Waals surface area (Å²) >= 11 is 1.54. The van der Waals surface area contributed by atoms with Crippen molar-refractivity contribution in [1.29, 1.82) is 5.26 Å². The number of hydrogen-bond acceptors (Lipinski definition) is 4. The van der Waals surface area contributed by atoms with Crippen LogP contribution in [0.25, 0.3) is 0 Å². The van der Waals surface area contributed by atoms with E-state index in [1.165, 1.54) is 0 Å². The SMILES string of the molecule is Cc1ncsc1CN(C)C(=O)c1cccc(C#N)c1. The Hall–Kier alpha value is -2.19. The Balaban J connectivity index is 2.15. The van der Waals surface area contributed by atoms with E-state index in [0.717, 1.165) is 10.6 Å². The zero-order chi connectivity index (χ0) is 13.8. The Morgan fingerprint density at radius 3 is 2.95 bits per heavy atom. The molecule has 0 spiro atoms. The predicted molar refractivity (Wildman–Crippen MR) is 73.8 cm³/mol. The number of hydrogen-bond donors (Lipinski definition) is 0. The lowest BCUT2D eigenvalue weighted by atomic mass is 10.1. The molecule has 96 valence electrons. The maximum absolute atomic E-state index is 12.3. The predicted octanol–water partition coefficient (Wildman–Crippen LogP) is 2.60. The van der Waals surface area contributed by atoms with E-state index in [2.05, 4.69) is 4.98 Å². The summed E-state index contributed by atoms with van der Waals surface area (Å²) in [5.41, 5.74) is 3.76. The van der Waals surface area contributed by atoms with Crippen LogP contribution in [0.2, 0.25) is 0 Å². The monoisotopic (exact) mass is 271 g/mol. The Morgan fingerprint density at radius 2 is 2.32 bits per heavy atom. The fourth-order valence-corrected chi connectivity index (χ4v) is 2.54. The smallest absolute Gasteiger partial charge is 0.253 e. The topological polar surface area (TPSA) is 57.0 Å². The quantitative estimate of drug-likeness (QED) is 0.862. The second kappa shape index (κ2) is 5.63. The van der Waals surface area contributed by atoms with E-state index < -0.39 is 0 Å². The van der Waals surface area contributed by atoms with Gasteiger partial charge in [-0.25, -0.2) is 4.98 Å². The molecule has 19 heavy (non-hydrogen) atoms. The summed E-state index contributed by atoms with van der Waals surface area (Å²) in [7, 11) is 1.75. The van der Waals surface area contributed by atoms with E-state index >= 15 is 0 Å². The second-order valence-corrected chi connectivity index (χ2v) is 5.15. The highest BCUT2D eigenvalue weighted by molar-refractivity contribution is 7.09. The molecule has 1 amide bonds. The third kappa shape index (κ3) is 2.98. The minimum absolute atomic E-state index is 0.0927.